The van der Waals surface area contributed by atoms with Crippen LogP contribution in [0.3, 0.4) is 0 Å². The summed E-state index contributed by atoms with van der Waals surface area (Å²) in [5.74, 6) is 1.12. The third-order valence-electron chi connectivity index (χ3n) is 10.8. The topological polar surface area (TPSA) is 121 Å². The maximum absolute atomic E-state index is 12.9. The van der Waals surface area contributed by atoms with Crippen molar-refractivity contribution in [1.29, 1.82) is 5.41 Å². The molecule has 3 aliphatic heterocycles. The number of fused-ring (bicyclic) bond motifs is 1. The van der Waals surface area contributed by atoms with Crippen LogP contribution < -0.4 is 20.9 Å². The van der Waals surface area contributed by atoms with Gasteiger partial charge in [-0.3, -0.25) is 4.90 Å². The van der Waals surface area contributed by atoms with E-state index >= 15 is 0 Å². The first-order chi connectivity index (χ1) is 23.2. The quantitative estimate of drug-likeness (QED) is 0.216. The maximum atomic E-state index is 12.9. The summed E-state index contributed by atoms with van der Waals surface area (Å²) in [6, 6.07) is 16.1. The molecule has 3 aliphatic rings. The van der Waals surface area contributed by atoms with Crippen LogP contribution in [-0.4, -0.2) is 96.4 Å². The highest BCUT2D eigenvalue weighted by Gasteiger charge is 2.47. The Morgan fingerprint density at radius 1 is 1.04 bits per heavy atom. The first-order valence-corrected chi connectivity index (χ1v) is 19.1. The molecule has 10 nitrogen and oxygen atoms in total. The zero-order chi connectivity index (χ0) is 34.3. The normalized spacial score (nSPS) is 22.0. The molecule has 2 saturated heterocycles. The lowest BCUT2D eigenvalue weighted by molar-refractivity contribution is 0.0592. The summed E-state index contributed by atoms with van der Waals surface area (Å²) in [4.78, 5) is 20.2. The van der Waals surface area contributed by atoms with Gasteiger partial charge in [0.25, 0.3) is 0 Å². The molecule has 48 heavy (non-hydrogen) atoms. The average molecular weight is 678 g/mol. The lowest BCUT2D eigenvalue weighted by Crippen LogP contribution is -2.57. The Bertz CT molecular complexity index is 1530. The van der Waals surface area contributed by atoms with E-state index < -0.39 is 9.84 Å². The smallest absolute Gasteiger partial charge is 0.314 e. The Labute approximate surface area is 287 Å². The highest BCUT2D eigenvalue weighted by molar-refractivity contribution is 7.96. The second-order valence-electron chi connectivity index (χ2n) is 13.9. The minimum absolute atomic E-state index is 0.00693. The van der Waals surface area contributed by atoms with E-state index in [0.717, 1.165) is 96.4 Å². The monoisotopic (exact) mass is 677 g/mol. The summed E-state index contributed by atoms with van der Waals surface area (Å²) in [5, 5.41) is 16.3. The van der Waals surface area contributed by atoms with Gasteiger partial charge in [-0.15, -0.1) is 0 Å². The minimum atomic E-state index is -3.72. The number of benzene rings is 2. The molecule has 1 unspecified atom stereocenters. The molecule has 4 N–H and O–H groups in total. The zero-order valence-corrected chi connectivity index (χ0v) is 30.0. The predicted molar refractivity (Wildman–Crippen MR) is 194 cm³/mol. The number of allylic oxidation sites excluding steroid dienone is 1. The second-order valence-corrected chi connectivity index (χ2v) is 15.8. The number of sulfone groups is 1. The van der Waals surface area contributed by atoms with Crippen LogP contribution in [0.1, 0.15) is 57.1 Å². The number of rotatable bonds is 14. The molecule has 2 aromatic rings. The Morgan fingerprint density at radius 2 is 1.75 bits per heavy atom. The van der Waals surface area contributed by atoms with Crippen LogP contribution in [0.2, 0.25) is 0 Å². The molecule has 0 bridgehead atoms. The summed E-state index contributed by atoms with van der Waals surface area (Å²) in [6.45, 7) is 12.7. The zero-order valence-electron chi connectivity index (χ0n) is 29.2. The maximum Gasteiger partial charge on any atom is 0.314 e. The van der Waals surface area contributed by atoms with Gasteiger partial charge in [-0.05, 0) is 86.6 Å². The second kappa shape index (κ2) is 15.9. The SMILES string of the molecule is CCC[C@@H](CC1(C2CCN(CC3CN(c4ccc(S(=O)(=O)/C(C=N)=C/NC)cc4)C3)CC2)CN(CC)Cc2ccccc21)NC(=O)NC. The van der Waals surface area contributed by atoms with Gasteiger partial charge in [-0.25, -0.2) is 13.2 Å². The molecule has 0 spiro atoms. The summed E-state index contributed by atoms with van der Waals surface area (Å²) < 4.78 is 25.7. The van der Waals surface area contributed by atoms with E-state index in [1.165, 1.54) is 17.3 Å². The van der Waals surface area contributed by atoms with Crippen molar-refractivity contribution in [2.45, 2.75) is 68.8 Å². The van der Waals surface area contributed by atoms with E-state index in [1.54, 1.807) is 26.2 Å². The Morgan fingerprint density at radius 3 is 2.38 bits per heavy atom. The molecule has 0 saturated carbocycles. The average Bonchev–Trinajstić information content (AvgIpc) is 3.08. The molecule has 11 heteroatoms. The number of nitrogens with one attached hydrogen (secondary N) is 4. The van der Waals surface area contributed by atoms with Crippen LogP contribution in [0, 0.1) is 17.2 Å². The molecule has 2 amide bonds. The van der Waals surface area contributed by atoms with Gasteiger partial charge in [0.1, 0.15) is 4.91 Å². The van der Waals surface area contributed by atoms with Gasteiger partial charge in [0.15, 0.2) is 0 Å². The molecule has 0 aliphatic carbocycles. The lowest BCUT2D eigenvalue weighted by Gasteiger charge is -2.52. The molecule has 2 aromatic carbocycles. The van der Waals surface area contributed by atoms with Crippen LogP contribution in [0.25, 0.3) is 0 Å². The molecule has 2 atom stereocenters. The van der Waals surface area contributed by atoms with E-state index in [9.17, 15) is 13.2 Å². The summed E-state index contributed by atoms with van der Waals surface area (Å²) >= 11 is 0. The fourth-order valence-corrected chi connectivity index (χ4v) is 9.55. The van der Waals surface area contributed by atoms with Gasteiger partial charge in [-0.1, -0.05) is 44.5 Å². The van der Waals surface area contributed by atoms with E-state index in [4.69, 9.17) is 5.41 Å². The molecule has 0 radical (unpaired) electrons. The first-order valence-electron chi connectivity index (χ1n) is 17.7. The Kier molecular flexibility index (Phi) is 11.9. The molecule has 262 valence electrons. The molecular formula is C37H55N7O3S. The number of carbonyl (C=O) groups excluding carboxylic acids is 1. The van der Waals surface area contributed by atoms with Gasteiger partial charge < -0.3 is 31.2 Å². The van der Waals surface area contributed by atoms with Gasteiger partial charge in [-0.2, -0.15) is 0 Å². The van der Waals surface area contributed by atoms with Gasteiger partial charge in [0.2, 0.25) is 9.84 Å². The largest absolute Gasteiger partial charge is 0.393 e. The number of hydrogen-bond donors (Lipinski definition) is 4. The van der Waals surface area contributed by atoms with E-state index in [-0.39, 0.29) is 27.3 Å². The molecule has 3 heterocycles. The number of likely N-dealkylation sites (tertiary alicyclic amines) is 1. The lowest BCUT2D eigenvalue weighted by atomic mass is 9.60. The van der Waals surface area contributed by atoms with Crippen LogP contribution in [-0.2, 0) is 21.8 Å². The molecule has 2 fully saturated rings. The van der Waals surface area contributed by atoms with Gasteiger partial charge in [0, 0.05) is 82.3 Å². The number of carbonyl (C=O) groups is 1. The Hall–Kier alpha value is -3.41. The number of amides is 2. The summed E-state index contributed by atoms with van der Waals surface area (Å²) in [5.41, 5.74) is 3.96. The number of urea groups is 1. The summed E-state index contributed by atoms with van der Waals surface area (Å²) in [7, 11) is -0.406. The number of hydrogen-bond acceptors (Lipinski definition) is 8. The van der Waals surface area contributed by atoms with Crippen molar-refractivity contribution in [3.63, 3.8) is 0 Å². The van der Waals surface area contributed by atoms with Crippen LogP contribution in [0.5, 0.6) is 0 Å². The highest BCUT2D eigenvalue weighted by Crippen LogP contribution is 2.47. The molecule has 5 rings (SSSR count). The summed E-state index contributed by atoms with van der Waals surface area (Å²) in [6.07, 6.45) is 7.46. The van der Waals surface area contributed by atoms with Crippen molar-refractivity contribution in [2.75, 3.05) is 64.8 Å². The van der Waals surface area contributed by atoms with E-state index in [0.29, 0.717) is 11.8 Å². The van der Waals surface area contributed by atoms with Crippen molar-refractivity contribution in [3.8, 4) is 0 Å². The standard InChI is InChI=1S/C37H55N7O3S/c1-5-9-31(41-36(45)40-4)20-37(27-42(6-2)26-29-10-7-8-11-35(29)37)30-16-18-43(19-17-30)23-28-24-44(25-28)32-12-14-33(15-13-32)48(46,47)34(21-38)22-39-3/h7-8,10-15,21-22,28,30-31,38-39H,5-6,9,16-20,23-27H2,1-4H3,(H2,40,41,45)/b34-22+,38-21?/t31-,37?/m0/s1. The van der Waals surface area contributed by atoms with Gasteiger partial charge >= 0.3 is 6.03 Å². The fourth-order valence-electron chi connectivity index (χ4n) is 8.35. The van der Waals surface area contributed by atoms with Crippen molar-refractivity contribution < 1.29 is 13.2 Å². The number of likely N-dealkylation sites (N-methyl/N-ethyl adjacent to an activating group) is 1. The first kappa shape index (κ1) is 35.9. The third-order valence-corrected chi connectivity index (χ3v) is 12.6. The van der Waals surface area contributed by atoms with Crippen molar-refractivity contribution in [3.05, 3.63) is 70.8 Å². The van der Waals surface area contributed by atoms with Crippen LogP contribution >= 0.6 is 0 Å². The van der Waals surface area contributed by atoms with Crippen LogP contribution in [0.4, 0.5) is 10.5 Å². The Balaban J connectivity index is 1.23. The number of nitrogens with zero attached hydrogens (tertiary/aromatic N) is 3. The van der Waals surface area contributed by atoms with Crippen LogP contribution in [0.15, 0.2) is 64.5 Å². The fraction of sp³-hybridized carbons (Fsp3) is 0.568. The predicted octanol–water partition coefficient (Wildman–Crippen LogP) is 4.58. The van der Waals surface area contributed by atoms with Crippen molar-refractivity contribution in [1.82, 2.24) is 25.8 Å². The minimum Gasteiger partial charge on any atom is -0.393 e. The number of anilines is 1. The molecular weight excluding hydrogens is 623 g/mol. The highest BCUT2D eigenvalue weighted by atomic mass is 32.2. The van der Waals surface area contributed by atoms with E-state index in [1.807, 2.05) is 12.1 Å². The third kappa shape index (κ3) is 7.74. The number of piperidine rings is 1. The van der Waals surface area contributed by atoms with Crippen molar-refractivity contribution >= 4 is 27.8 Å². The van der Waals surface area contributed by atoms with Crippen molar-refractivity contribution in [2.24, 2.45) is 11.8 Å². The van der Waals surface area contributed by atoms with Gasteiger partial charge in [0.05, 0.1) is 4.90 Å². The van der Waals surface area contributed by atoms with E-state index in [2.05, 4.69) is 68.8 Å². The molecule has 0 aromatic heterocycles.